The molecule has 0 atom stereocenters. The van der Waals surface area contributed by atoms with Crippen LogP contribution in [0.1, 0.15) is 0 Å². The van der Waals surface area contributed by atoms with E-state index < -0.39 is 0 Å². The minimum atomic E-state index is -0.105. The zero-order valence-corrected chi connectivity index (χ0v) is 24.5. The molecule has 0 unspecified atom stereocenters. The molecule has 0 N–H and O–H groups in total. The predicted molar refractivity (Wildman–Crippen MR) is 181 cm³/mol. The van der Waals surface area contributed by atoms with Crippen molar-refractivity contribution in [3.63, 3.8) is 0 Å². The van der Waals surface area contributed by atoms with Gasteiger partial charge in [0.1, 0.15) is 11.0 Å². The summed E-state index contributed by atoms with van der Waals surface area (Å²) in [5.74, 6) is 1.73. The number of aromatic nitrogens is 6. The van der Waals surface area contributed by atoms with Crippen molar-refractivity contribution in [2.45, 2.75) is 0 Å². The molecule has 0 aliphatic carbocycles. The molecule has 8 heteroatoms. The van der Waals surface area contributed by atoms with Gasteiger partial charge >= 0.3 is 0 Å². The van der Waals surface area contributed by atoms with Crippen molar-refractivity contribution in [2.24, 2.45) is 0 Å². The van der Waals surface area contributed by atoms with Crippen LogP contribution in [0.3, 0.4) is 0 Å². The molecular formula is C37H22N6OS. The average Bonchev–Trinajstić information content (AvgIpc) is 3.65. The fraction of sp³-hybridized carbons (Fsp3) is 0. The molecule has 0 spiro atoms. The Morgan fingerprint density at radius 3 is 1.82 bits per heavy atom. The summed E-state index contributed by atoms with van der Waals surface area (Å²) in [6.07, 6.45) is 0. The SMILES string of the molecule is O=c1c2c(nc3sc4ccccc4n13)c1ccccc1n2-c1cccc(-c2nc(-c3ccccc3)nc(-c3ccccc3)n2)c1. The zero-order chi connectivity index (χ0) is 29.9. The Kier molecular flexibility index (Phi) is 5.69. The van der Waals surface area contributed by atoms with Gasteiger partial charge in [-0.25, -0.2) is 24.3 Å². The molecule has 4 heterocycles. The topological polar surface area (TPSA) is 78.0 Å². The molecule has 0 saturated carbocycles. The Morgan fingerprint density at radius 2 is 1.11 bits per heavy atom. The van der Waals surface area contributed by atoms with Gasteiger partial charge in [-0.1, -0.05) is 114 Å². The first-order valence-corrected chi connectivity index (χ1v) is 15.4. The fourth-order valence-electron chi connectivity index (χ4n) is 5.97. The van der Waals surface area contributed by atoms with Crippen LogP contribution < -0.4 is 5.56 Å². The summed E-state index contributed by atoms with van der Waals surface area (Å²) < 4.78 is 4.76. The first-order valence-electron chi connectivity index (χ1n) is 14.5. The fourth-order valence-corrected chi connectivity index (χ4v) is 6.99. The van der Waals surface area contributed by atoms with Crippen LogP contribution in [0.2, 0.25) is 0 Å². The monoisotopic (exact) mass is 598 g/mol. The van der Waals surface area contributed by atoms with Gasteiger partial charge in [0, 0.05) is 27.8 Å². The number of thiazole rings is 1. The second-order valence-electron chi connectivity index (χ2n) is 10.7. The number of hydrogen-bond acceptors (Lipinski definition) is 6. The van der Waals surface area contributed by atoms with Crippen LogP contribution in [0.15, 0.2) is 138 Å². The second-order valence-corrected chi connectivity index (χ2v) is 11.8. The van der Waals surface area contributed by atoms with Gasteiger partial charge in [-0.2, -0.15) is 0 Å². The van der Waals surface area contributed by atoms with E-state index >= 15 is 0 Å². The number of nitrogens with zero attached hydrogens (tertiary/aromatic N) is 6. The number of para-hydroxylation sites is 2. The molecule has 0 fully saturated rings. The van der Waals surface area contributed by atoms with E-state index in [9.17, 15) is 4.79 Å². The summed E-state index contributed by atoms with van der Waals surface area (Å²) >= 11 is 1.52. The van der Waals surface area contributed by atoms with Gasteiger partial charge in [0.25, 0.3) is 5.56 Å². The van der Waals surface area contributed by atoms with Crippen LogP contribution in [0.5, 0.6) is 0 Å². The van der Waals surface area contributed by atoms with Crippen molar-refractivity contribution in [3.8, 4) is 39.9 Å². The molecule has 0 amide bonds. The summed E-state index contributed by atoms with van der Waals surface area (Å²) in [5.41, 5.74) is 6.31. The Balaban J connectivity index is 1.30. The Bertz CT molecular complexity index is 2570. The highest BCUT2D eigenvalue weighted by Gasteiger charge is 2.21. The third-order valence-electron chi connectivity index (χ3n) is 8.02. The summed E-state index contributed by atoms with van der Waals surface area (Å²) in [7, 11) is 0. The van der Waals surface area contributed by atoms with E-state index in [1.165, 1.54) is 11.3 Å². The van der Waals surface area contributed by atoms with E-state index in [0.717, 1.165) is 43.5 Å². The van der Waals surface area contributed by atoms with Gasteiger partial charge in [-0.15, -0.1) is 0 Å². The Morgan fingerprint density at radius 1 is 0.533 bits per heavy atom. The van der Waals surface area contributed by atoms with Gasteiger partial charge in [0.2, 0.25) is 0 Å². The lowest BCUT2D eigenvalue weighted by molar-refractivity contribution is 1.07. The van der Waals surface area contributed by atoms with E-state index in [1.807, 2.05) is 138 Å². The molecule has 0 bridgehead atoms. The highest BCUT2D eigenvalue weighted by atomic mass is 32.1. The number of rotatable bonds is 4. The van der Waals surface area contributed by atoms with E-state index in [-0.39, 0.29) is 5.56 Å². The highest BCUT2D eigenvalue weighted by Crippen LogP contribution is 2.33. The van der Waals surface area contributed by atoms with Gasteiger partial charge in [-0.05, 0) is 30.3 Å². The molecule has 7 nitrogen and oxygen atoms in total. The molecule has 5 aromatic carbocycles. The van der Waals surface area contributed by atoms with Crippen LogP contribution in [0.4, 0.5) is 0 Å². The minimum absolute atomic E-state index is 0.105. The zero-order valence-electron chi connectivity index (χ0n) is 23.7. The second kappa shape index (κ2) is 10.0. The molecule has 45 heavy (non-hydrogen) atoms. The summed E-state index contributed by atoms with van der Waals surface area (Å²) in [6.45, 7) is 0. The van der Waals surface area contributed by atoms with Crippen molar-refractivity contribution in [1.82, 2.24) is 28.9 Å². The van der Waals surface area contributed by atoms with Crippen molar-refractivity contribution < 1.29 is 0 Å². The normalized spacial score (nSPS) is 11.6. The molecule has 0 aliphatic heterocycles. The maximum atomic E-state index is 14.4. The first kappa shape index (κ1) is 25.5. The quantitative estimate of drug-likeness (QED) is 0.204. The van der Waals surface area contributed by atoms with Gasteiger partial charge in [0.15, 0.2) is 22.4 Å². The third kappa shape index (κ3) is 4.07. The van der Waals surface area contributed by atoms with Crippen molar-refractivity contribution in [3.05, 3.63) is 144 Å². The van der Waals surface area contributed by atoms with Crippen molar-refractivity contribution in [2.75, 3.05) is 0 Å². The molecule has 0 saturated heterocycles. The van der Waals surface area contributed by atoms with Gasteiger partial charge in [-0.3, -0.25) is 4.79 Å². The third-order valence-corrected chi connectivity index (χ3v) is 9.04. The van der Waals surface area contributed by atoms with Gasteiger partial charge in [0.05, 0.1) is 15.7 Å². The van der Waals surface area contributed by atoms with Crippen LogP contribution in [0, 0.1) is 0 Å². The maximum Gasteiger partial charge on any atom is 0.283 e. The van der Waals surface area contributed by atoms with Crippen LogP contribution in [0.25, 0.3) is 77.0 Å². The van der Waals surface area contributed by atoms with E-state index in [1.54, 1.807) is 4.40 Å². The first-order chi connectivity index (χ1) is 22.2. The molecular weight excluding hydrogens is 577 g/mol. The average molecular weight is 599 g/mol. The number of hydrogen-bond donors (Lipinski definition) is 0. The van der Waals surface area contributed by atoms with Gasteiger partial charge < -0.3 is 4.57 Å². The highest BCUT2D eigenvalue weighted by molar-refractivity contribution is 7.23. The predicted octanol–water partition coefficient (Wildman–Crippen LogP) is 8.19. The number of benzene rings is 5. The lowest BCUT2D eigenvalue weighted by atomic mass is 10.1. The van der Waals surface area contributed by atoms with Crippen molar-refractivity contribution in [1.29, 1.82) is 0 Å². The standard InChI is InChI=1S/C37H22N6OS/c44-36-32-31(38-37-43(36)29-20-9-10-21-30(29)45-37)27-18-7-8-19-28(27)42(32)26-17-11-16-25(22-26)35-40-33(23-12-3-1-4-13-23)39-34(41-35)24-14-5-2-6-15-24/h1-22H. The molecule has 9 aromatic rings. The van der Waals surface area contributed by atoms with Crippen LogP contribution in [-0.2, 0) is 0 Å². The molecule has 4 aromatic heterocycles. The van der Waals surface area contributed by atoms with E-state index in [2.05, 4.69) is 0 Å². The minimum Gasteiger partial charge on any atom is -0.303 e. The molecule has 0 aliphatic rings. The largest absolute Gasteiger partial charge is 0.303 e. The molecule has 9 rings (SSSR count). The van der Waals surface area contributed by atoms with E-state index in [4.69, 9.17) is 19.9 Å². The van der Waals surface area contributed by atoms with Crippen LogP contribution in [-0.4, -0.2) is 28.9 Å². The summed E-state index contributed by atoms with van der Waals surface area (Å²) in [6, 6.07) is 43.8. The maximum absolute atomic E-state index is 14.4. The van der Waals surface area contributed by atoms with Crippen molar-refractivity contribution >= 4 is 48.5 Å². The summed E-state index contributed by atoms with van der Waals surface area (Å²) in [5, 5.41) is 0.924. The number of fused-ring (bicyclic) bond motifs is 6. The Hall–Kier alpha value is -5.99. The Labute approximate surface area is 260 Å². The lowest BCUT2D eigenvalue weighted by Gasteiger charge is -2.11. The lowest BCUT2D eigenvalue weighted by Crippen LogP contribution is -2.16. The molecule has 212 valence electrons. The van der Waals surface area contributed by atoms with Crippen LogP contribution >= 0.6 is 11.3 Å². The van der Waals surface area contributed by atoms with E-state index in [0.29, 0.717) is 33.5 Å². The smallest absolute Gasteiger partial charge is 0.283 e. The molecule has 0 radical (unpaired) electrons. The summed E-state index contributed by atoms with van der Waals surface area (Å²) in [4.78, 5) is 34.8.